The van der Waals surface area contributed by atoms with E-state index in [1.165, 1.54) is 38.5 Å². The van der Waals surface area contributed by atoms with Gasteiger partial charge in [-0.15, -0.1) is 0 Å². The number of rotatable bonds is 2. The van der Waals surface area contributed by atoms with Crippen molar-refractivity contribution < 1.29 is 8.76 Å². The van der Waals surface area contributed by atoms with Crippen molar-refractivity contribution in [3.8, 4) is 0 Å². The predicted octanol–water partition coefficient (Wildman–Crippen LogP) is 2.08. The maximum atomic E-state index is 10.9. The molecule has 3 heteroatoms. The van der Waals surface area contributed by atoms with E-state index in [1.54, 1.807) is 0 Å². The Kier molecular flexibility index (Phi) is 2.04. The molecule has 4 fully saturated rings. The molecule has 0 heterocycles. The van der Waals surface area contributed by atoms with Gasteiger partial charge in [0, 0.05) is 5.75 Å². The summed E-state index contributed by atoms with van der Waals surface area (Å²) in [6, 6.07) is 0. The Bertz CT molecular complexity index is 239. The third-order valence-electron chi connectivity index (χ3n) is 4.59. The van der Waals surface area contributed by atoms with E-state index in [0.717, 1.165) is 17.8 Å². The number of hydrogen-bond acceptors (Lipinski definition) is 2. The topological polar surface area (TPSA) is 40.1 Å². The first-order valence-electron chi connectivity index (χ1n) is 5.71. The van der Waals surface area contributed by atoms with Crippen molar-refractivity contribution in [2.24, 2.45) is 23.2 Å². The third-order valence-corrected chi connectivity index (χ3v) is 5.44. The molecule has 80 valence electrons. The second kappa shape index (κ2) is 3.05. The molecule has 4 rings (SSSR count). The Hall–Kier alpha value is 0.110. The van der Waals surface area contributed by atoms with E-state index in [2.05, 4.69) is 0 Å². The molecule has 0 amide bonds. The van der Waals surface area contributed by atoms with Crippen molar-refractivity contribution in [1.82, 2.24) is 0 Å². The normalized spacial score (nSPS) is 52.2. The van der Waals surface area contributed by atoms with Gasteiger partial charge in [-0.2, -0.15) is 0 Å². The van der Waals surface area contributed by atoms with Crippen molar-refractivity contribution >= 4 is 11.1 Å². The minimum Gasteiger partial charge on any atom is -0.772 e. The van der Waals surface area contributed by atoms with Gasteiger partial charge in [0.1, 0.15) is 0 Å². The van der Waals surface area contributed by atoms with Crippen molar-refractivity contribution in [2.75, 3.05) is 5.75 Å². The van der Waals surface area contributed by atoms with Gasteiger partial charge in [0.05, 0.1) is 0 Å². The smallest absolute Gasteiger partial charge is 0.0158 e. The van der Waals surface area contributed by atoms with Crippen molar-refractivity contribution in [3.05, 3.63) is 0 Å². The summed E-state index contributed by atoms with van der Waals surface area (Å²) in [4.78, 5) is 0. The summed E-state index contributed by atoms with van der Waals surface area (Å²) in [7, 11) is 0. The van der Waals surface area contributed by atoms with Crippen molar-refractivity contribution in [2.45, 2.75) is 38.5 Å². The van der Waals surface area contributed by atoms with Crippen LogP contribution in [0.25, 0.3) is 0 Å². The Labute approximate surface area is 87.7 Å². The van der Waals surface area contributed by atoms with E-state index in [9.17, 15) is 8.76 Å². The molecule has 0 radical (unpaired) electrons. The Morgan fingerprint density at radius 3 is 1.86 bits per heavy atom. The summed E-state index contributed by atoms with van der Waals surface area (Å²) in [5, 5.41) is 0. The van der Waals surface area contributed by atoms with E-state index in [1.807, 2.05) is 0 Å². The lowest BCUT2D eigenvalue weighted by Gasteiger charge is -2.57. The van der Waals surface area contributed by atoms with E-state index in [4.69, 9.17) is 0 Å². The second-order valence-electron chi connectivity index (χ2n) is 5.87. The van der Waals surface area contributed by atoms with Gasteiger partial charge in [-0.05, 0) is 61.7 Å². The van der Waals surface area contributed by atoms with Crippen LogP contribution < -0.4 is 0 Å². The molecule has 1 atom stereocenters. The fraction of sp³-hybridized carbons (Fsp3) is 1.00. The molecule has 4 bridgehead atoms. The highest BCUT2D eigenvalue weighted by Gasteiger charge is 2.50. The average molecular weight is 213 g/mol. The van der Waals surface area contributed by atoms with E-state index >= 15 is 0 Å². The van der Waals surface area contributed by atoms with E-state index in [-0.39, 0.29) is 5.41 Å². The first-order chi connectivity index (χ1) is 6.65. The third kappa shape index (κ3) is 1.45. The summed E-state index contributed by atoms with van der Waals surface area (Å²) < 4.78 is 21.8. The van der Waals surface area contributed by atoms with Gasteiger partial charge in [-0.1, -0.05) is 11.1 Å². The maximum Gasteiger partial charge on any atom is 0.0158 e. The fourth-order valence-corrected chi connectivity index (χ4v) is 5.57. The molecule has 0 spiro atoms. The zero-order valence-electron chi connectivity index (χ0n) is 8.41. The molecule has 1 unspecified atom stereocenters. The summed E-state index contributed by atoms with van der Waals surface area (Å²) in [6.07, 6.45) is 7.78. The van der Waals surface area contributed by atoms with Gasteiger partial charge in [0.25, 0.3) is 0 Å². The highest BCUT2D eigenvalue weighted by Crippen LogP contribution is 2.60. The van der Waals surface area contributed by atoms with Gasteiger partial charge >= 0.3 is 0 Å². The molecular weight excluding hydrogens is 196 g/mol. The zero-order valence-corrected chi connectivity index (χ0v) is 9.22. The molecule has 0 N–H and O–H groups in total. The molecule has 0 aromatic carbocycles. The quantitative estimate of drug-likeness (QED) is 0.659. The molecule has 4 aliphatic carbocycles. The molecule has 4 aliphatic rings. The molecule has 0 saturated heterocycles. The van der Waals surface area contributed by atoms with Crippen LogP contribution in [-0.2, 0) is 11.1 Å². The molecule has 4 saturated carbocycles. The van der Waals surface area contributed by atoms with Crippen LogP contribution in [0, 0.1) is 23.2 Å². The van der Waals surface area contributed by atoms with E-state index in [0.29, 0.717) is 5.75 Å². The maximum absolute atomic E-state index is 10.9. The predicted molar refractivity (Wildman–Crippen MR) is 54.4 cm³/mol. The molecule has 0 aromatic rings. The lowest BCUT2D eigenvalue weighted by molar-refractivity contribution is -0.0391. The second-order valence-corrected chi connectivity index (χ2v) is 6.76. The summed E-state index contributed by atoms with van der Waals surface area (Å²) in [5.41, 5.74) is 0.210. The first-order valence-corrected chi connectivity index (χ1v) is 6.95. The monoisotopic (exact) mass is 213 g/mol. The van der Waals surface area contributed by atoms with Crippen LogP contribution in [0.1, 0.15) is 38.5 Å². The zero-order chi connectivity index (χ0) is 9.76. The highest BCUT2D eigenvalue weighted by molar-refractivity contribution is 7.79. The van der Waals surface area contributed by atoms with Crippen LogP contribution in [0.3, 0.4) is 0 Å². The molecule has 0 aliphatic heterocycles. The fourth-order valence-electron chi connectivity index (χ4n) is 4.72. The summed E-state index contributed by atoms with van der Waals surface area (Å²) in [5.74, 6) is 3.04. The number of hydrogen-bond donors (Lipinski definition) is 0. The van der Waals surface area contributed by atoms with E-state index < -0.39 is 11.1 Å². The summed E-state index contributed by atoms with van der Waals surface area (Å²) in [6.45, 7) is 0. The lowest BCUT2D eigenvalue weighted by Crippen LogP contribution is -2.48. The Morgan fingerprint density at radius 1 is 1.07 bits per heavy atom. The summed E-state index contributed by atoms with van der Waals surface area (Å²) >= 11 is -1.83. The first kappa shape index (κ1) is 9.34. The average Bonchev–Trinajstić information content (AvgIpc) is 1.96. The highest BCUT2D eigenvalue weighted by atomic mass is 32.2. The molecule has 2 nitrogen and oxygen atoms in total. The van der Waals surface area contributed by atoms with Crippen LogP contribution in [-0.4, -0.2) is 14.5 Å². The van der Waals surface area contributed by atoms with Crippen LogP contribution >= 0.6 is 0 Å². The van der Waals surface area contributed by atoms with Gasteiger partial charge in [-0.25, -0.2) is 0 Å². The minimum atomic E-state index is -1.83. The van der Waals surface area contributed by atoms with Crippen LogP contribution in [0.15, 0.2) is 0 Å². The molecular formula is C11H17O2S-. The standard InChI is InChI=1S/C11H18O2S/c12-14(13)7-11-4-8-1-9(5-11)3-10(2-8)6-11/h8-10H,1-7H2,(H,12,13)/p-1. The van der Waals surface area contributed by atoms with Gasteiger partial charge in [0.15, 0.2) is 0 Å². The molecule has 0 aromatic heterocycles. The van der Waals surface area contributed by atoms with Crippen molar-refractivity contribution in [1.29, 1.82) is 0 Å². The van der Waals surface area contributed by atoms with Gasteiger partial charge in [-0.3, -0.25) is 4.21 Å². The van der Waals surface area contributed by atoms with Crippen LogP contribution in [0.2, 0.25) is 0 Å². The minimum absolute atomic E-state index is 0.210. The Balaban J connectivity index is 1.83. The van der Waals surface area contributed by atoms with Crippen LogP contribution in [0.5, 0.6) is 0 Å². The Morgan fingerprint density at radius 2 is 1.50 bits per heavy atom. The lowest BCUT2D eigenvalue weighted by atomic mass is 9.50. The van der Waals surface area contributed by atoms with Gasteiger partial charge < -0.3 is 4.55 Å². The SMILES string of the molecule is O=S([O-])CC12CC3CC(CC(C3)C1)C2. The van der Waals surface area contributed by atoms with Gasteiger partial charge in [0.2, 0.25) is 0 Å². The largest absolute Gasteiger partial charge is 0.772 e. The van der Waals surface area contributed by atoms with Crippen LogP contribution in [0.4, 0.5) is 0 Å². The molecule has 14 heavy (non-hydrogen) atoms. The van der Waals surface area contributed by atoms with Crippen molar-refractivity contribution in [3.63, 3.8) is 0 Å².